The molecule has 2 aromatic carbocycles. The summed E-state index contributed by atoms with van der Waals surface area (Å²) in [6, 6.07) is 1.09. The largest absolute Gasteiger partial charge is 0.508 e. The zero-order chi connectivity index (χ0) is 81.2. The van der Waals surface area contributed by atoms with Crippen molar-refractivity contribution >= 4 is 101 Å². The maximum atomic E-state index is 14.5. The van der Waals surface area contributed by atoms with Gasteiger partial charge in [0.2, 0.25) is 88.6 Å². The Morgan fingerprint density at radius 1 is 0.435 bits per heavy atom. The number of carbonyl (C=O) groups excluding carboxylic acids is 15. The molecule has 0 saturated heterocycles. The lowest BCUT2D eigenvalue weighted by atomic mass is 10.00. The van der Waals surface area contributed by atoms with Crippen molar-refractivity contribution in [2.75, 3.05) is 52.4 Å². The standard InChI is InChI=1S/C68H111N23O17/c1-37(2)28-48(87-58(100)39(5)70)64(106)85-45(16-10-11-25-69)61(103)84-46(18-13-27-78-68(75)76)62(104)86-47(23-24-51(71)94)59(101)81-33-54(97)83-44(17-12-26-77-67(73)74)63(105)90-57(40(6)92)66(108)89-49(29-38(3)4)65(107)88-50(30-41-19-21-43(93)22-20-41)60(102)82-34-56(99)91(35-42-14-8-7-9-15-42)36-55(98)80-32-53(96)79-31-52(72)95/h7-9,14-15,19-22,37-40,44-50,57,92-93H,10-13,16-18,23-36,69-70H2,1-6H3,(H2,71,94)(H2,72,95)(H,79,96)(H,80,98)(H,81,101)(H,82,102)(H,83,97)(H,84,103)(H,85,106)(H,86,104)(H,87,100)(H,88,107)(H,89,108)(H,90,105)(H4,73,74,77)(H4,75,76,78)/t39-,40+,44-,45-,46-,47-,48-,49-,50-,57-/m0/s1. The first-order valence-electron chi connectivity index (χ1n) is 35.3. The Morgan fingerprint density at radius 3 is 1.37 bits per heavy atom. The predicted octanol–water partition coefficient (Wildman–Crippen LogP) is -7.89. The molecule has 2 rings (SSSR count). The van der Waals surface area contributed by atoms with Crippen LogP contribution in [-0.4, -0.2) is 228 Å². The highest BCUT2D eigenvalue weighted by atomic mass is 16.3. The van der Waals surface area contributed by atoms with Gasteiger partial charge in [0, 0.05) is 32.5 Å². The lowest BCUT2D eigenvalue weighted by Gasteiger charge is -2.28. The van der Waals surface area contributed by atoms with Gasteiger partial charge in [0.25, 0.3) is 0 Å². The Balaban J connectivity index is 2.46. The number of carbonyl (C=O) groups is 15. The fourth-order valence-corrected chi connectivity index (χ4v) is 10.3. The van der Waals surface area contributed by atoms with E-state index in [1.807, 2.05) is 13.8 Å². The van der Waals surface area contributed by atoms with Gasteiger partial charge in [-0.2, -0.15) is 0 Å². The number of aliphatic hydroxyl groups is 1. The first kappa shape index (κ1) is 92.8. The van der Waals surface area contributed by atoms with Crippen LogP contribution in [0.4, 0.5) is 0 Å². The number of phenolic OH excluding ortho intramolecular Hbond substituents is 1. The molecule has 0 radical (unpaired) electrons. The minimum atomic E-state index is -1.86. The second kappa shape index (κ2) is 49.5. The molecule has 108 heavy (non-hydrogen) atoms. The van der Waals surface area contributed by atoms with Crippen molar-refractivity contribution in [3.8, 4) is 5.75 Å². The van der Waals surface area contributed by atoms with E-state index in [-0.39, 0.29) is 107 Å². The third-order valence-corrected chi connectivity index (χ3v) is 15.9. The summed E-state index contributed by atoms with van der Waals surface area (Å²) in [6.07, 6.45) is -2.40. The van der Waals surface area contributed by atoms with Crippen LogP contribution in [-0.2, 0) is 84.9 Å². The van der Waals surface area contributed by atoms with Crippen LogP contribution in [0.15, 0.2) is 64.6 Å². The van der Waals surface area contributed by atoms with Gasteiger partial charge in [0.05, 0.1) is 44.9 Å². The number of primary amides is 2. The fraction of sp³-hybridized carbons (Fsp3) is 0.574. The normalized spacial score (nSPS) is 13.7. The molecule has 10 atom stereocenters. The van der Waals surface area contributed by atoms with Crippen LogP contribution in [0.1, 0.15) is 123 Å². The number of nitrogens with one attached hydrogen (secondary N) is 12. The SMILES string of the molecule is CC(C)C[C@H](NC(=O)[C@H](C)N)C(=O)N[C@@H](CCCCN)C(=O)N[C@@H](CCCN=C(N)N)C(=O)N[C@@H](CCC(N)=O)C(=O)NCC(=O)N[C@@H](CCCN=C(N)N)C(=O)N[C@H](C(=O)N[C@@H](CC(C)C)C(=O)N[C@@H](Cc1ccc(O)cc1)C(=O)NCC(=O)N(CC(=O)NCC(=O)NCC(N)=O)Cc1ccccc1)[C@@H](C)O. The van der Waals surface area contributed by atoms with Crippen molar-refractivity contribution in [1.29, 1.82) is 0 Å². The van der Waals surface area contributed by atoms with E-state index >= 15 is 0 Å². The number of phenols is 1. The molecule has 0 saturated carbocycles. The fourth-order valence-electron chi connectivity index (χ4n) is 10.3. The number of amides is 15. The number of hydrogen-bond acceptors (Lipinski definition) is 21. The second-order valence-corrected chi connectivity index (χ2v) is 26.5. The number of rotatable bonds is 51. The van der Waals surface area contributed by atoms with Crippen LogP contribution in [0.3, 0.4) is 0 Å². The summed E-state index contributed by atoms with van der Waals surface area (Å²) >= 11 is 0. The van der Waals surface area contributed by atoms with Gasteiger partial charge in [0.1, 0.15) is 54.1 Å². The first-order valence-corrected chi connectivity index (χ1v) is 35.3. The molecule has 0 spiro atoms. The van der Waals surface area contributed by atoms with Crippen LogP contribution in [0.5, 0.6) is 5.75 Å². The molecule has 0 heterocycles. The third-order valence-electron chi connectivity index (χ3n) is 15.9. The highest BCUT2D eigenvalue weighted by molar-refractivity contribution is 5.99. The van der Waals surface area contributed by atoms with Gasteiger partial charge in [-0.15, -0.1) is 0 Å². The minimum absolute atomic E-state index is 0.000715. The molecule has 0 fully saturated rings. The van der Waals surface area contributed by atoms with E-state index in [4.69, 9.17) is 45.9 Å². The van der Waals surface area contributed by atoms with Crippen LogP contribution in [0.2, 0.25) is 0 Å². The van der Waals surface area contributed by atoms with E-state index in [9.17, 15) is 82.1 Å². The average Bonchev–Trinajstić information content (AvgIpc) is 0.856. The van der Waals surface area contributed by atoms with Gasteiger partial charge in [-0.3, -0.25) is 81.9 Å². The van der Waals surface area contributed by atoms with Crippen molar-refractivity contribution in [2.24, 2.45) is 67.7 Å². The molecule has 40 heteroatoms. The number of aromatic hydroxyl groups is 1. The maximum Gasteiger partial charge on any atom is 0.245 e. The Labute approximate surface area is 626 Å². The highest BCUT2D eigenvalue weighted by Gasteiger charge is 2.36. The van der Waals surface area contributed by atoms with Gasteiger partial charge in [0.15, 0.2) is 11.9 Å². The van der Waals surface area contributed by atoms with Gasteiger partial charge in [-0.05, 0) is 120 Å². The van der Waals surface area contributed by atoms with Crippen LogP contribution in [0, 0.1) is 11.8 Å². The summed E-state index contributed by atoms with van der Waals surface area (Å²) in [5, 5.41) is 50.9. The number of nitrogens with two attached hydrogens (primary N) is 8. The Kier molecular flexibility index (Phi) is 42.5. The van der Waals surface area contributed by atoms with E-state index in [0.717, 1.165) is 11.8 Å². The summed E-state index contributed by atoms with van der Waals surface area (Å²) in [5.74, 6) is -14.6. The second-order valence-electron chi connectivity index (χ2n) is 26.5. The van der Waals surface area contributed by atoms with E-state index in [0.29, 0.717) is 24.0 Å². The molecule has 0 unspecified atom stereocenters. The Hall–Kier alpha value is -11.3. The lowest BCUT2D eigenvalue weighted by molar-refractivity contribution is -0.138. The maximum absolute atomic E-state index is 14.5. The summed E-state index contributed by atoms with van der Waals surface area (Å²) in [6.45, 7) is 6.30. The topological polar surface area (TPSA) is 677 Å². The molecule has 600 valence electrons. The Morgan fingerprint density at radius 2 is 0.880 bits per heavy atom. The lowest BCUT2D eigenvalue weighted by Crippen LogP contribution is -2.61. The number of unbranched alkanes of at least 4 members (excludes halogenated alkanes) is 1. The van der Waals surface area contributed by atoms with Gasteiger partial charge < -0.3 is 125 Å². The molecule has 0 bridgehead atoms. The summed E-state index contributed by atoms with van der Waals surface area (Å²) in [5.41, 5.74) is 45.1. The van der Waals surface area contributed by atoms with E-state index in [1.165, 1.54) is 31.2 Å². The molecule has 0 aliphatic heterocycles. The van der Waals surface area contributed by atoms with Crippen molar-refractivity contribution in [2.45, 2.75) is 186 Å². The third kappa shape index (κ3) is 38.6. The van der Waals surface area contributed by atoms with Crippen molar-refractivity contribution in [1.82, 2.24) is 68.7 Å². The summed E-state index contributed by atoms with van der Waals surface area (Å²) in [7, 11) is 0. The number of aliphatic hydroxyl groups excluding tert-OH is 1. The number of aliphatic imine (C=N–C) groups is 2. The van der Waals surface area contributed by atoms with Crippen LogP contribution in [0.25, 0.3) is 0 Å². The van der Waals surface area contributed by atoms with Gasteiger partial charge in [-0.1, -0.05) is 70.2 Å². The van der Waals surface area contributed by atoms with Crippen LogP contribution < -0.4 is 110 Å². The molecule has 30 N–H and O–H groups in total. The summed E-state index contributed by atoms with van der Waals surface area (Å²) < 4.78 is 0. The molecular formula is C68H111N23O17. The number of guanidine groups is 2. The van der Waals surface area contributed by atoms with Crippen molar-refractivity contribution in [3.63, 3.8) is 0 Å². The number of benzene rings is 2. The van der Waals surface area contributed by atoms with Crippen molar-refractivity contribution < 1.29 is 82.1 Å². The van der Waals surface area contributed by atoms with Gasteiger partial charge >= 0.3 is 0 Å². The van der Waals surface area contributed by atoms with E-state index < -0.39 is 195 Å². The number of hydrogen-bond donors (Lipinski definition) is 22. The van der Waals surface area contributed by atoms with E-state index in [2.05, 4.69) is 73.8 Å². The molecule has 15 amide bonds. The highest BCUT2D eigenvalue weighted by Crippen LogP contribution is 2.15. The molecule has 0 aliphatic rings. The molecule has 2 aromatic rings. The van der Waals surface area contributed by atoms with E-state index in [1.54, 1.807) is 44.2 Å². The van der Waals surface area contributed by atoms with Gasteiger partial charge in [-0.25, -0.2) is 0 Å². The molecule has 40 nitrogen and oxygen atoms in total. The predicted molar refractivity (Wildman–Crippen MR) is 396 cm³/mol. The average molecular weight is 1520 g/mol. The molecular weight excluding hydrogens is 1410 g/mol. The smallest absolute Gasteiger partial charge is 0.245 e. The molecule has 0 aromatic heterocycles. The number of nitrogens with zero attached hydrogens (tertiary/aromatic N) is 3. The quantitative estimate of drug-likeness (QED) is 0.0166. The Bertz CT molecular complexity index is 3390. The zero-order valence-electron chi connectivity index (χ0n) is 62.0. The summed E-state index contributed by atoms with van der Waals surface area (Å²) in [4.78, 5) is 211. The monoisotopic (exact) mass is 1520 g/mol. The minimum Gasteiger partial charge on any atom is -0.508 e. The first-order chi connectivity index (χ1) is 50.9. The van der Waals surface area contributed by atoms with Crippen molar-refractivity contribution in [3.05, 3.63) is 65.7 Å². The zero-order valence-corrected chi connectivity index (χ0v) is 62.0. The van der Waals surface area contributed by atoms with Crippen LogP contribution >= 0.6 is 0 Å². The molecule has 0 aliphatic carbocycles.